The van der Waals surface area contributed by atoms with Crippen molar-refractivity contribution in [1.29, 1.82) is 0 Å². The van der Waals surface area contributed by atoms with Crippen molar-refractivity contribution in [2.45, 2.75) is 26.8 Å². The summed E-state index contributed by atoms with van der Waals surface area (Å²) in [5, 5.41) is 0. The molecule has 3 nitrogen and oxygen atoms in total. The lowest BCUT2D eigenvalue weighted by Gasteiger charge is -2.24. The highest BCUT2D eigenvalue weighted by molar-refractivity contribution is 7.14. The van der Waals surface area contributed by atoms with Gasteiger partial charge in [-0.1, -0.05) is 6.08 Å². The number of hydrogen-bond donors (Lipinski definition) is 1. The molecule has 0 fully saturated rings. The Hall–Kier alpha value is -1.29. The normalized spacial score (nSPS) is 10.5. The lowest BCUT2D eigenvalue weighted by molar-refractivity contribution is 0.0733. The molecule has 0 bridgehead atoms. The Balaban J connectivity index is 2.94. The van der Waals surface area contributed by atoms with Gasteiger partial charge in [-0.05, 0) is 26.8 Å². The second-order valence-corrected chi connectivity index (χ2v) is 5.22. The molecule has 1 rings (SSSR count). The van der Waals surface area contributed by atoms with Gasteiger partial charge in [0.2, 0.25) is 0 Å². The highest BCUT2D eigenvalue weighted by Gasteiger charge is 2.19. The molecule has 4 heteroatoms. The lowest BCUT2D eigenvalue weighted by Crippen LogP contribution is -2.36. The first-order chi connectivity index (χ1) is 7.47. The average Bonchev–Trinajstić information content (AvgIpc) is 2.54. The molecule has 0 atom stereocenters. The van der Waals surface area contributed by atoms with Gasteiger partial charge in [-0.15, -0.1) is 17.9 Å². The van der Waals surface area contributed by atoms with E-state index in [9.17, 15) is 4.79 Å². The number of carbonyl (C=O) groups excluding carboxylic acids is 1. The fourth-order valence-electron chi connectivity index (χ4n) is 1.41. The summed E-state index contributed by atoms with van der Waals surface area (Å²) in [5.41, 5.74) is 6.44. The van der Waals surface area contributed by atoms with Crippen molar-refractivity contribution in [2.75, 3.05) is 12.3 Å². The molecule has 0 aromatic carbocycles. The minimum atomic E-state index is 0.0275. The van der Waals surface area contributed by atoms with Gasteiger partial charge in [0.25, 0.3) is 5.91 Å². The van der Waals surface area contributed by atoms with Crippen molar-refractivity contribution in [3.8, 4) is 0 Å². The van der Waals surface area contributed by atoms with Crippen LogP contribution in [0.1, 0.15) is 28.4 Å². The van der Waals surface area contributed by atoms with E-state index in [0.29, 0.717) is 17.1 Å². The van der Waals surface area contributed by atoms with E-state index in [1.54, 1.807) is 17.0 Å². The van der Waals surface area contributed by atoms with Gasteiger partial charge in [0.05, 0.1) is 4.88 Å². The van der Waals surface area contributed by atoms with E-state index in [4.69, 9.17) is 5.73 Å². The summed E-state index contributed by atoms with van der Waals surface area (Å²) in [6.07, 6.45) is 1.74. The summed E-state index contributed by atoms with van der Waals surface area (Å²) in [6, 6.07) is 1.91. The third-order valence-corrected chi connectivity index (χ3v) is 3.43. The Morgan fingerprint density at radius 3 is 2.69 bits per heavy atom. The maximum atomic E-state index is 12.2. The van der Waals surface area contributed by atoms with E-state index in [1.807, 2.05) is 20.8 Å². The number of hydrogen-bond acceptors (Lipinski definition) is 3. The first-order valence-electron chi connectivity index (χ1n) is 5.25. The van der Waals surface area contributed by atoms with Gasteiger partial charge in [-0.3, -0.25) is 4.79 Å². The Kier molecular flexibility index (Phi) is 4.12. The highest BCUT2D eigenvalue weighted by Crippen LogP contribution is 2.25. The van der Waals surface area contributed by atoms with Gasteiger partial charge in [0, 0.05) is 23.2 Å². The SMILES string of the molecule is C=CCN(C(=O)c1cc(N)c(C)s1)C(C)C. The molecule has 16 heavy (non-hydrogen) atoms. The van der Waals surface area contributed by atoms with Crippen LogP contribution >= 0.6 is 11.3 Å². The largest absolute Gasteiger partial charge is 0.398 e. The standard InChI is InChI=1S/C12H18N2OS/c1-5-6-14(8(2)3)12(15)11-7-10(13)9(4)16-11/h5,7-8H,1,6,13H2,2-4H3. The molecule has 0 aliphatic rings. The predicted octanol–water partition coefficient (Wildman–Crippen LogP) is 2.68. The monoisotopic (exact) mass is 238 g/mol. The van der Waals surface area contributed by atoms with Crippen LogP contribution in [0.25, 0.3) is 0 Å². The zero-order chi connectivity index (χ0) is 12.3. The van der Waals surface area contributed by atoms with Crippen molar-refractivity contribution >= 4 is 22.9 Å². The third-order valence-electron chi connectivity index (χ3n) is 2.38. The van der Waals surface area contributed by atoms with Gasteiger partial charge in [-0.25, -0.2) is 0 Å². The van der Waals surface area contributed by atoms with E-state index in [2.05, 4.69) is 6.58 Å². The Bertz CT molecular complexity index is 376. The number of anilines is 1. The Labute approximate surface area is 101 Å². The van der Waals surface area contributed by atoms with Crippen LogP contribution in [0, 0.1) is 6.92 Å². The summed E-state index contributed by atoms with van der Waals surface area (Å²) in [7, 11) is 0. The molecule has 0 aliphatic heterocycles. The zero-order valence-corrected chi connectivity index (χ0v) is 10.8. The number of aryl methyl sites for hydroxylation is 1. The Morgan fingerprint density at radius 2 is 2.31 bits per heavy atom. The molecule has 0 saturated carbocycles. The van der Waals surface area contributed by atoms with Gasteiger partial charge >= 0.3 is 0 Å². The van der Waals surface area contributed by atoms with Crippen LogP contribution in [0.2, 0.25) is 0 Å². The summed E-state index contributed by atoms with van der Waals surface area (Å²) in [6.45, 7) is 10.1. The molecule has 0 saturated heterocycles. The third kappa shape index (κ3) is 2.64. The molecule has 0 unspecified atom stereocenters. The van der Waals surface area contributed by atoms with Gasteiger partial charge in [0.15, 0.2) is 0 Å². The number of nitrogens with zero attached hydrogens (tertiary/aromatic N) is 1. The van der Waals surface area contributed by atoms with E-state index < -0.39 is 0 Å². The van der Waals surface area contributed by atoms with Crippen molar-refractivity contribution in [2.24, 2.45) is 0 Å². The zero-order valence-electron chi connectivity index (χ0n) is 9.99. The number of thiophene rings is 1. The summed E-state index contributed by atoms with van der Waals surface area (Å²) in [4.78, 5) is 15.6. The average molecular weight is 238 g/mol. The minimum absolute atomic E-state index is 0.0275. The maximum Gasteiger partial charge on any atom is 0.264 e. The van der Waals surface area contributed by atoms with Crippen molar-refractivity contribution in [1.82, 2.24) is 4.90 Å². The van der Waals surface area contributed by atoms with Crippen LogP contribution in [0.3, 0.4) is 0 Å². The molecule has 1 aromatic heterocycles. The maximum absolute atomic E-state index is 12.2. The molecule has 1 amide bonds. The van der Waals surface area contributed by atoms with Crippen LogP contribution in [0.15, 0.2) is 18.7 Å². The fourth-order valence-corrected chi connectivity index (χ4v) is 2.31. The summed E-state index contributed by atoms with van der Waals surface area (Å²) < 4.78 is 0. The second-order valence-electron chi connectivity index (χ2n) is 3.96. The quantitative estimate of drug-likeness (QED) is 0.820. The minimum Gasteiger partial charge on any atom is -0.398 e. The molecule has 0 aliphatic carbocycles. The second kappa shape index (κ2) is 5.16. The summed E-state index contributed by atoms with van der Waals surface area (Å²) >= 11 is 1.44. The number of carbonyl (C=O) groups is 1. The van der Waals surface area contributed by atoms with E-state index in [0.717, 1.165) is 4.88 Å². The number of amides is 1. The first-order valence-corrected chi connectivity index (χ1v) is 6.06. The van der Waals surface area contributed by atoms with Crippen LogP contribution in [-0.2, 0) is 0 Å². The fraction of sp³-hybridized carbons (Fsp3) is 0.417. The molecule has 1 heterocycles. The van der Waals surface area contributed by atoms with E-state index in [1.165, 1.54) is 11.3 Å². The van der Waals surface area contributed by atoms with Crippen molar-refractivity contribution in [3.63, 3.8) is 0 Å². The molecule has 1 aromatic rings. The van der Waals surface area contributed by atoms with Gasteiger partial charge in [-0.2, -0.15) is 0 Å². The molecule has 0 spiro atoms. The molecule has 88 valence electrons. The van der Waals surface area contributed by atoms with Crippen LogP contribution in [0.5, 0.6) is 0 Å². The Morgan fingerprint density at radius 1 is 1.69 bits per heavy atom. The molecule has 0 radical (unpaired) electrons. The predicted molar refractivity (Wildman–Crippen MR) is 69.8 cm³/mol. The van der Waals surface area contributed by atoms with Crippen molar-refractivity contribution < 1.29 is 4.79 Å². The topological polar surface area (TPSA) is 46.3 Å². The molecule has 2 N–H and O–H groups in total. The molecular weight excluding hydrogens is 220 g/mol. The van der Waals surface area contributed by atoms with Gasteiger partial charge < -0.3 is 10.6 Å². The highest BCUT2D eigenvalue weighted by atomic mass is 32.1. The van der Waals surface area contributed by atoms with E-state index >= 15 is 0 Å². The summed E-state index contributed by atoms with van der Waals surface area (Å²) in [5.74, 6) is 0.0275. The number of rotatable bonds is 4. The van der Waals surface area contributed by atoms with Crippen LogP contribution in [0.4, 0.5) is 5.69 Å². The first kappa shape index (κ1) is 12.8. The number of nitrogen functional groups attached to an aromatic ring is 1. The lowest BCUT2D eigenvalue weighted by atomic mass is 10.2. The van der Waals surface area contributed by atoms with Gasteiger partial charge in [0.1, 0.15) is 0 Å². The van der Waals surface area contributed by atoms with Crippen molar-refractivity contribution in [3.05, 3.63) is 28.5 Å². The number of nitrogens with two attached hydrogens (primary N) is 1. The van der Waals surface area contributed by atoms with Crippen LogP contribution in [-0.4, -0.2) is 23.4 Å². The van der Waals surface area contributed by atoms with Crippen LogP contribution < -0.4 is 5.73 Å². The van der Waals surface area contributed by atoms with E-state index in [-0.39, 0.29) is 11.9 Å². The molecular formula is C12H18N2OS. The smallest absolute Gasteiger partial charge is 0.264 e.